The summed E-state index contributed by atoms with van der Waals surface area (Å²) in [7, 11) is 0. The number of cyclic esters (lactones) is 2. The van der Waals surface area contributed by atoms with Gasteiger partial charge >= 0.3 is 12.2 Å². The van der Waals surface area contributed by atoms with E-state index in [0.717, 1.165) is 17.5 Å². The second-order valence-electron chi connectivity index (χ2n) is 10.1. The predicted molar refractivity (Wildman–Crippen MR) is 137 cm³/mol. The van der Waals surface area contributed by atoms with Gasteiger partial charge in [-0.05, 0) is 55.5 Å². The number of hydrogen-bond donors (Lipinski definition) is 2. The fourth-order valence-electron chi connectivity index (χ4n) is 5.29. The molecule has 13 nitrogen and oxygen atoms in total. The molecular weight excluding hydrogens is 527 g/mol. The number of aromatic nitrogens is 2. The quantitative estimate of drug-likeness (QED) is 0.413. The molecule has 0 radical (unpaired) electrons. The molecule has 40 heavy (non-hydrogen) atoms. The van der Waals surface area contributed by atoms with Gasteiger partial charge in [-0.1, -0.05) is 0 Å². The number of fused-ring (bicyclic) bond motifs is 2. The Kier molecular flexibility index (Phi) is 7.24. The maximum atomic E-state index is 14.8. The molecule has 2 unspecified atom stereocenters. The third-order valence-corrected chi connectivity index (χ3v) is 7.29. The molecule has 2 fully saturated rings. The van der Waals surface area contributed by atoms with Gasteiger partial charge in [0.25, 0.3) is 11.8 Å². The fraction of sp³-hybridized carbons (Fsp3) is 0.500. The number of hydrogen-bond acceptors (Lipinski definition) is 10. The van der Waals surface area contributed by atoms with Crippen LogP contribution in [0.2, 0.25) is 0 Å². The molecule has 4 heterocycles. The number of halogens is 1. The summed E-state index contributed by atoms with van der Waals surface area (Å²) in [6.07, 6.45) is 2.17. The molecule has 2 N–H and O–H groups in total. The van der Waals surface area contributed by atoms with Gasteiger partial charge < -0.3 is 34.5 Å². The number of nitrogens with zero attached hydrogens (tertiary/aromatic N) is 4. The van der Waals surface area contributed by atoms with Crippen LogP contribution in [0.15, 0.2) is 18.3 Å². The minimum Gasteiger partial charge on any atom is -0.492 e. The smallest absolute Gasteiger partial charge is 0.415 e. The molecule has 2 aromatic rings. The van der Waals surface area contributed by atoms with Crippen molar-refractivity contribution in [3.63, 3.8) is 0 Å². The van der Waals surface area contributed by atoms with E-state index in [1.165, 1.54) is 17.2 Å². The van der Waals surface area contributed by atoms with Crippen LogP contribution in [0, 0.1) is 11.7 Å². The molecular formula is C26H29FN6O7. The third-order valence-electron chi connectivity index (χ3n) is 7.29. The SMILES string of the molecule is O=C1COc2ncc(N3CC(CCNCC4Cc5cc(OCCN6CCOC6=O)cc(F)c5C4)OC3=O)nc2N1. The Morgan fingerprint density at radius 1 is 1.18 bits per heavy atom. The average molecular weight is 557 g/mol. The molecule has 6 rings (SSSR count). The zero-order chi connectivity index (χ0) is 27.6. The lowest BCUT2D eigenvalue weighted by Crippen LogP contribution is -2.30. The highest BCUT2D eigenvalue weighted by atomic mass is 19.1. The normalized spacial score (nSPS) is 21.5. The highest BCUT2D eigenvalue weighted by molar-refractivity contribution is 5.94. The van der Waals surface area contributed by atoms with Gasteiger partial charge in [0.15, 0.2) is 18.2 Å². The lowest BCUT2D eigenvalue weighted by molar-refractivity contribution is -0.118. The lowest BCUT2D eigenvalue weighted by atomic mass is 10.1. The van der Waals surface area contributed by atoms with Crippen LogP contribution < -0.4 is 25.0 Å². The zero-order valence-electron chi connectivity index (χ0n) is 21.7. The number of ether oxygens (including phenoxy) is 4. The van der Waals surface area contributed by atoms with E-state index in [4.69, 9.17) is 18.9 Å². The summed E-state index contributed by atoms with van der Waals surface area (Å²) in [4.78, 5) is 46.8. The highest BCUT2D eigenvalue weighted by Crippen LogP contribution is 2.32. The minimum atomic E-state index is -0.526. The van der Waals surface area contributed by atoms with Crippen LogP contribution in [0.4, 0.5) is 25.6 Å². The van der Waals surface area contributed by atoms with Gasteiger partial charge in [-0.15, -0.1) is 0 Å². The Labute approximate surface area is 228 Å². The molecule has 2 atom stereocenters. The zero-order valence-corrected chi connectivity index (χ0v) is 21.7. The summed E-state index contributed by atoms with van der Waals surface area (Å²) < 4.78 is 36.1. The van der Waals surface area contributed by atoms with Crippen molar-refractivity contribution in [1.82, 2.24) is 20.2 Å². The minimum absolute atomic E-state index is 0.126. The first kappa shape index (κ1) is 26.0. The third kappa shape index (κ3) is 5.57. The van der Waals surface area contributed by atoms with E-state index in [-0.39, 0.29) is 60.6 Å². The monoisotopic (exact) mass is 556 g/mol. The van der Waals surface area contributed by atoms with Gasteiger partial charge in [-0.25, -0.2) is 23.9 Å². The Morgan fingerprint density at radius 2 is 2.08 bits per heavy atom. The van der Waals surface area contributed by atoms with E-state index in [0.29, 0.717) is 57.9 Å². The van der Waals surface area contributed by atoms with Crippen molar-refractivity contribution in [3.8, 4) is 11.6 Å². The van der Waals surface area contributed by atoms with Gasteiger partial charge in [0.05, 0.1) is 25.8 Å². The summed E-state index contributed by atoms with van der Waals surface area (Å²) >= 11 is 0. The van der Waals surface area contributed by atoms with Crippen LogP contribution in [-0.2, 0) is 27.1 Å². The van der Waals surface area contributed by atoms with Gasteiger partial charge in [-0.2, -0.15) is 0 Å². The summed E-state index contributed by atoms with van der Waals surface area (Å²) in [5.74, 6) is 0.751. The number of anilines is 2. The molecule has 0 saturated carbocycles. The topological polar surface area (TPSA) is 144 Å². The number of benzene rings is 1. The number of nitrogens with one attached hydrogen (secondary N) is 2. The standard InChI is InChI=1S/C26H29FN6O7/c27-20-10-18(37-5-3-32-4-6-38-25(32)35)9-16-7-15(8-19(16)20)11-28-2-1-17-13-33(26(36)40-17)21-12-29-24-23(30-21)31-22(34)14-39-24/h9-10,12,15,17,28H,1-8,11,13-14H2,(H,30,31,34). The second kappa shape index (κ2) is 11.1. The predicted octanol–water partition coefficient (Wildman–Crippen LogP) is 1.50. The molecule has 212 valence electrons. The Balaban J connectivity index is 0.939. The second-order valence-corrected chi connectivity index (χ2v) is 10.1. The lowest BCUT2D eigenvalue weighted by Gasteiger charge is -2.18. The first-order valence-electron chi connectivity index (χ1n) is 13.3. The molecule has 3 amide bonds. The molecule has 1 aromatic heterocycles. The molecule has 14 heteroatoms. The number of rotatable bonds is 10. The average Bonchev–Trinajstić information content (AvgIpc) is 3.64. The van der Waals surface area contributed by atoms with Crippen LogP contribution in [-0.4, -0.2) is 91.6 Å². The molecule has 2 saturated heterocycles. The van der Waals surface area contributed by atoms with E-state index in [2.05, 4.69) is 20.6 Å². The van der Waals surface area contributed by atoms with Crippen molar-refractivity contribution in [3.05, 3.63) is 35.3 Å². The van der Waals surface area contributed by atoms with E-state index in [1.54, 1.807) is 4.90 Å². The van der Waals surface area contributed by atoms with Crippen molar-refractivity contribution < 1.29 is 37.7 Å². The molecule has 0 spiro atoms. The van der Waals surface area contributed by atoms with E-state index >= 15 is 0 Å². The fourth-order valence-corrected chi connectivity index (χ4v) is 5.29. The summed E-state index contributed by atoms with van der Waals surface area (Å²) in [5, 5.41) is 5.98. The van der Waals surface area contributed by atoms with Gasteiger partial charge in [0.2, 0.25) is 0 Å². The van der Waals surface area contributed by atoms with Crippen LogP contribution in [0.5, 0.6) is 11.6 Å². The highest BCUT2D eigenvalue weighted by Gasteiger charge is 2.34. The van der Waals surface area contributed by atoms with Crippen molar-refractivity contribution in [1.29, 1.82) is 0 Å². The van der Waals surface area contributed by atoms with Crippen LogP contribution in [0.3, 0.4) is 0 Å². The van der Waals surface area contributed by atoms with E-state index in [1.807, 2.05) is 6.07 Å². The van der Waals surface area contributed by atoms with Crippen LogP contribution in [0.1, 0.15) is 17.5 Å². The van der Waals surface area contributed by atoms with Crippen molar-refractivity contribution in [2.75, 3.05) is 62.8 Å². The Bertz CT molecular complexity index is 1330. The van der Waals surface area contributed by atoms with E-state index < -0.39 is 6.09 Å². The van der Waals surface area contributed by atoms with Crippen molar-refractivity contribution in [2.24, 2.45) is 5.92 Å². The van der Waals surface area contributed by atoms with Gasteiger partial charge in [0, 0.05) is 6.07 Å². The van der Waals surface area contributed by atoms with Crippen molar-refractivity contribution >= 4 is 29.7 Å². The Hall–Kier alpha value is -4.20. The van der Waals surface area contributed by atoms with E-state index in [9.17, 15) is 18.8 Å². The molecule has 4 aliphatic rings. The number of carbonyl (C=O) groups is 3. The molecule has 1 aliphatic carbocycles. The van der Waals surface area contributed by atoms with Crippen molar-refractivity contribution in [2.45, 2.75) is 25.4 Å². The van der Waals surface area contributed by atoms with Gasteiger partial charge in [0.1, 0.15) is 30.9 Å². The Morgan fingerprint density at radius 3 is 2.92 bits per heavy atom. The number of carbonyl (C=O) groups excluding carboxylic acids is 3. The van der Waals surface area contributed by atoms with Crippen LogP contribution >= 0.6 is 0 Å². The van der Waals surface area contributed by atoms with Crippen LogP contribution in [0.25, 0.3) is 0 Å². The summed E-state index contributed by atoms with van der Waals surface area (Å²) in [6, 6.07) is 3.29. The maximum absolute atomic E-state index is 14.8. The largest absolute Gasteiger partial charge is 0.492 e. The summed E-state index contributed by atoms with van der Waals surface area (Å²) in [5.41, 5.74) is 1.66. The maximum Gasteiger partial charge on any atom is 0.415 e. The molecule has 0 bridgehead atoms. The molecule has 1 aromatic carbocycles. The first-order chi connectivity index (χ1) is 19.4. The number of amides is 3. The summed E-state index contributed by atoms with van der Waals surface area (Å²) in [6.45, 7) is 3.09. The van der Waals surface area contributed by atoms with Gasteiger partial charge in [-0.3, -0.25) is 9.69 Å². The first-order valence-corrected chi connectivity index (χ1v) is 13.3. The molecule has 3 aliphatic heterocycles.